The zero-order valence-electron chi connectivity index (χ0n) is 16.3. The maximum atomic E-state index is 12.7. The first-order chi connectivity index (χ1) is 13.7. The standard InChI is InChI=1S/C21H20IN3O3S/c1-21(2,3)28-20(27)25-9-8-12-10-13(4-7-16(12)25)18(26)24-19-23-15-6-5-14(22)11-17(15)29-19/h4-7,10-11H,8-9H2,1-3H3,(H,23,24,26). The summed E-state index contributed by atoms with van der Waals surface area (Å²) in [6.45, 7) is 6.08. The summed E-state index contributed by atoms with van der Waals surface area (Å²) in [5.74, 6) is -0.211. The van der Waals surface area contributed by atoms with E-state index in [-0.39, 0.29) is 12.0 Å². The van der Waals surface area contributed by atoms with Crippen LogP contribution in [0.2, 0.25) is 0 Å². The number of hydrogen-bond acceptors (Lipinski definition) is 5. The van der Waals surface area contributed by atoms with E-state index < -0.39 is 5.60 Å². The van der Waals surface area contributed by atoms with E-state index in [2.05, 4.69) is 32.9 Å². The van der Waals surface area contributed by atoms with Gasteiger partial charge in [0.2, 0.25) is 0 Å². The monoisotopic (exact) mass is 521 g/mol. The number of anilines is 2. The third kappa shape index (κ3) is 4.37. The fourth-order valence-corrected chi connectivity index (χ4v) is 4.77. The second-order valence-corrected chi connectivity index (χ2v) is 10.1. The number of benzene rings is 2. The molecule has 1 aromatic heterocycles. The smallest absolute Gasteiger partial charge is 0.414 e. The molecule has 150 valence electrons. The van der Waals surface area contributed by atoms with Crippen LogP contribution in [0.1, 0.15) is 36.7 Å². The molecule has 1 N–H and O–H groups in total. The van der Waals surface area contributed by atoms with Crippen molar-refractivity contribution in [2.24, 2.45) is 0 Å². The zero-order chi connectivity index (χ0) is 20.8. The fourth-order valence-electron chi connectivity index (χ4n) is 3.17. The van der Waals surface area contributed by atoms with E-state index >= 15 is 0 Å². The van der Waals surface area contributed by atoms with Gasteiger partial charge < -0.3 is 4.74 Å². The van der Waals surface area contributed by atoms with Gasteiger partial charge in [0, 0.05) is 15.7 Å². The maximum absolute atomic E-state index is 12.7. The highest BCUT2D eigenvalue weighted by molar-refractivity contribution is 14.1. The molecule has 4 rings (SSSR count). The Balaban J connectivity index is 1.51. The van der Waals surface area contributed by atoms with Crippen LogP contribution < -0.4 is 10.2 Å². The van der Waals surface area contributed by atoms with E-state index in [9.17, 15) is 9.59 Å². The highest BCUT2D eigenvalue weighted by Crippen LogP contribution is 2.31. The summed E-state index contributed by atoms with van der Waals surface area (Å²) in [6, 6.07) is 11.4. The molecule has 8 heteroatoms. The molecule has 3 aromatic rings. The van der Waals surface area contributed by atoms with Gasteiger partial charge in [-0.15, -0.1) is 0 Å². The Morgan fingerprint density at radius 3 is 2.76 bits per heavy atom. The van der Waals surface area contributed by atoms with Gasteiger partial charge in [0.15, 0.2) is 5.13 Å². The minimum atomic E-state index is -0.547. The molecule has 0 spiro atoms. The van der Waals surface area contributed by atoms with E-state index in [1.165, 1.54) is 11.3 Å². The molecule has 0 fully saturated rings. The Kier molecular flexibility index (Phi) is 5.24. The predicted molar refractivity (Wildman–Crippen MR) is 124 cm³/mol. The van der Waals surface area contributed by atoms with E-state index in [4.69, 9.17) is 4.74 Å². The minimum absolute atomic E-state index is 0.211. The summed E-state index contributed by atoms with van der Waals surface area (Å²) < 4.78 is 7.64. The molecule has 6 nitrogen and oxygen atoms in total. The van der Waals surface area contributed by atoms with Gasteiger partial charge >= 0.3 is 6.09 Å². The van der Waals surface area contributed by atoms with Crippen LogP contribution in [0.25, 0.3) is 10.2 Å². The lowest BCUT2D eigenvalue weighted by Crippen LogP contribution is -2.35. The molecule has 0 bridgehead atoms. The number of thiazole rings is 1. The van der Waals surface area contributed by atoms with Crippen LogP contribution in [0.4, 0.5) is 15.6 Å². The molecular weight excluding hydrogens is 501 g/mol. The number of nitrogens with one attached hydrogen (secondary N) is 1. The van der Waals surface area contributed by atoms with Gasteiger partial charge in [-0.05, 0) is 91.7 Å². The third-order valence-corrected chi connectivity index (χ3v) is 6.03. The second-order valence-electron chi connectivity index (χ2n) is 7.81. The Labute approximate surface area is 186 Å². The molecule has 0 radical (unpaired) electrons. The maximum Gasteiger partial charge on any atom is 0.414 e. The molecule has 1 aliphatic heterocycles. The predicted octanol–water partition coefficient (Wildman–Crippen LogP) is 5.45. The molecule has 0 saturated heterocycles. The van der Waals surface area contributed by atoms with Crippen molar-refractivity contribution in [1.82, 2.24) is 4.98 Å². The number of amides is 2. The van der Waals surface area contributed by atoms with Crippen molar-refractivity contribution in [2.45, 2.75) is 32.8 Å². The van der Waals surface area contributed by atoms with E-state index in [1.54, 1.807) is 11.0 Å². The van der Waals surface area contributed by atoms with Crippen molar-refractivity contribution >= 4 is 67.0 Å². The Morgan fingerprint density at radius 1 is 1.21 bits per heavy atom. The molecular formula is C21H20IN3O3S. The van der Waals surface area contributed by atoms with Gasteiger partial charge in [0.25, 0.3) is 5.91 Å². The summed E-state index contributed by atoms with van der Waals surface area (Å²) >= 11 is 3.71. The highest BCUT2D eigenvalue weighted by atomic mass is 127. The second kappa shape index (κ2) is 7.56. The largest absolute Gasteiger partial charge is 0.443 e. The van der Waals surface area contributed by atoms with Crippen LogP contribution in [-0.4, -0.2) is 29.1 Å². The molecule has 2 aromatic carbocycles. The van der Waals surface area contributed by atoms with Gasteiger partial charge in [-0.3, -0.25) is 15.0 Å². The van der Waals surface area contributed by atoms with E-state index in [1.807, 2.05) is 51.1 Å². The highest BCUT2D eigenvalue weighted by Gasteiger charge is 2.29. The van der Waals surface area contributed by atoms with Crippen LogP contribution in [0.3, 0.4) is 0 Å². The van der Waals surface area contributed by atoms with Crippen molar-refractivity contribution < 1.29 is 14.3 Å². The summed E-state index contributed by atoms with van der Waals surface area (Å²) in [4.78, 5) is 31.2. The third-order valence-electron chi connectivity index (χ3n) is 4.42. The fraction of sp³-hybridized carbons (Fsp3) is 0.286. The number of fused-ring (bicyclic) bond motifs is 2. The zero-order valence-corrected chi connectivity index (χ0v) is 19.3. The number of ether oxygens (including phenoxy) is 1. The SMILES string of the molecule is CC(C)(C)OC(=O)N1CCc2cc(C(=O)Nc3nc4ccc(I)cc4s3)ccc21. The van der Waals surface area contributed by atoms with Crippen LogP contribution >= 0.6 is 33.9 Å². The van der Waals surface area contributed by atoms with Crippen LogP contribution in [-0.2, 0) is 11.2 Å². The molecule has 0 aliphatic carbocycles. The molecule has 29 heavy (non-hydrogen) atoms. The van der Waals surface area contributed by atoms with Gasteiger partial charge in [0.1, 0.15) is 5.60 Å². The molecule has 0 atom stereocenters. The Bertz CT molecular complexity index is 1120. The van der Waals surface area contributed by atoms with E-state index in [0.29, 0.717) is 23.7 Å². The lowest BCUT2D eigenvalue weighted by molar-refractivity contribution is 0.0584. The number of halogens is 1. The number of rotatable bonds is 2. The summed E-state index contributed by atoms with van der Waals surface area (Å²) in [6.07, 6.45) is 0.326. The molecule has 1 aliphatic rings. The van der Waals surface area contributed by atoms with Gasteiger partial charge in [-0.1, -0.05) is 11.3 Å². The number of hydrogen-bond donors (Lipinski definition) is 1. The van der Waals surface area contributed by atoms with Crippen LogP contribution in [0.15, 0.2) is 36.4 Å². The van der Waals surface area contributed by atoms with Crippen molar-refractivity contribution in [2.75, 3.05) is 16.8 Å². The van der Waals surface area contributed by atoms with Gasteiger partial charge in [0.05, 0.1) is 15.9 Å². The number of carbonyl (C=O) groups excluding carboxylic acids is 2. The van der Waals surface area contributed by atoms with Gasteiger partial charge in [-0.2, -0.15) is 0 Å². The molecule has 2 amide bonds. The van der Waals surface area contributed by atoms with Gasteiger partial charge in [-0.25, -0.2) is 9.78 Å². The van der Waals surface area contributed by atoms with Crippen molar-refractivity contribution in [1.29, 1.82) is 0 Å². The quantitative estimate of drug-likeness (QED) is 0.456. The normalized spacial score (nSPS) is 13.4. The van der Waals surface area contributed by atoms with Crippen molar-refractivity contribution in [3.63, 3.8) is 0 Å². The molecule has 0 saturated carbocycles. The van der Waals surface area contributed by atoms with Crippen molar-refractivity contribution in [3.05, 3.63) is 51.1 Å². The summed E-state index contributed by atoms with van der Waals surface area (Å²) in [7, 11) is 0. The number of nitrogens with zero attached hydrogens (tertiary/aromatic N) is 2. The minimum Gasteiger partial charge on any atom is -0.443 e. The molecule has 0 unspecified atom stereocenters. The number of carbonyl (C=O) groups is 2. The average molecular weight is 521 g/mol. The first kappa shape index (κ1) is 20.1. The van der Waals surface area contributed by atoms with Crippen LogP contribution in [0, 0.1) is 3.57 Å². The Hall–Kier alpha value is -2.20. The van der Waals surface area contributed by atoms with Crippen molar-refractivity contribution in [3.8, 4) is 0 Å². The topological polar surface area (TPSA) is 71.5 Å². The Morgan fingerprint density at radius 2 is 2.00 bits per heavy atom. The average Bonchev–Trinajstić information content (AvgIpc) is 3.22. The van der Waals surface area contributed by atoms with E-state index in [0.717, 1.165) is 25.0 Å². The summed E-state index contributed by atoms with van der Waals surface area (Å²) in [5, 5.41) is 3.46. The lowest BCUT2D eigenvalue weighted by atomic mass is 10.1. The first-order valence-corrected chi connectivity index (χ1v) is 11.1. The lowest BCUT2D eigenvalue weighted by Gasteiger charge is -2.24. The molecule has 2 heterocycles. The first-order valence-electron chi connectivity index (χ1n) is 9.20. The number of aromatic nitrogens is 1. The summed E-state index contributed by atoms with van der Waals surface area (Å²) in [5.41, 5.74) is 2.62. The van der Waals surface area contributed by atoms with Crippen LogP contribution in [0.5, 0.6) is 0 Å².